The second-order valence-corrected chi connectivity index (χ2v) is 6.93. The Morgan fingerprint density at radius 1 is 0.958 bits per heavy atom. The fraction of sp³-hybridized carbons (Fsp3) is 0.316. The Balaban J connectivity index is 1.60. The number of amides is 1. The lowest BCUT2D eigenvalue weighted by atomic mass is 10.1. The van der Waals surface area contributed by atoms with Crippen LogP contribution in [-0.4, -0.2) is 23.9 Å². The lowest BCUT2D eigenvalue weighted by Crippen LogP contribution is -2.29. The van der Waals surface area contributed by atoms with Gasteiger partial charge in [-0.25, -0.2) is 0 Å². The molecular weight excluding hydrogens is 343 g/mol. The number of carbonyl (C=O) groups excluding carboxylic acids is 1. The monoisotopic (exact) mass is 362 g/mol. The van der Waals surface area contributed by atoms with Crippen LogP contribution in [0.1, 0.15) is 35.2 Å². The van der Waals surface area contributed by atoms with Gasteiger partial charge in [-0.15, -0.1) is 0 Å². The predicted molar refractivity (Wildman–Crippen MR) is 100.0 cm³/mol. The molecule has 0 atom stereocenters. The van der Waals surface area contributed by atoms with Crippen LogP contribution in [0, 0.1) is 0 Å². The minimum Gasteiger partial charge on any atom is -0.322 e. The standard InChI is InChI=1S/C19H20Cl2N2O/c20-17-9-6-15(12-18(17)21)19(24)22-16-7-4-14(5-8-16)13-23-10-2-1-3-11-23/h4-9,12H,1-3,10-11,13H2,(H,22,24). The van der Waals surface area contributed by atoms with E-state index < -0.39 is 0 Å². The van der Waals surface area contributed by atoms with E-state index >= 15 is 0 Å². The highest BCUT2D eigenvalue weighted by molar-refractivity contribution is 6.42. The van der Waals surface area contributed by atoms with Crippen molar-refractivity contribution in [3.63, 3.8) is 0 Å². The van der Waals surface area contributed by atoms with Crippen molar-refractivity contribution in [3.05, 3.63) is 63.6 Å². The summed E-state index contributed by atoms with van der Waals surface area (Å²) in [5.74, 6) is -0.197. The molecule has 2 aromatic carbocycles. The molecule has 1 N–H and O–H groups in total. The molecule has 0 spiro atoms. The van der Waals surface area contributed by atoms with E-state index in [9.17, 15) is 4.79 Å². The van der Waals surface area contributed by atoms with Crippen molar-refractivity contribution in [2.45, 2.75) is 25.8 Å². The van der Waals surface area contributed by atoms with E-state index in [1.165, 1.54) is 37.9 Å². The summed E-state index contributed by atoms with van der Waals surface area (Å²) in [5.41, 5.74) is 2.53. The largest absolute Gasteiger partial charge is 0.322 e. The zero-order valence-electron chi connectivity index (χ0n) is 13.4. The summed E-state index contributed by atoms with van der Waals surface area (Å²) in [7, 11) is 0. The number of piperidine rings is 1. The number of anilines is 1. The Bertz CT molecular complexity index is 710. The molecule has 0 aliphatic carbocycles. The second-order valence-electron chi connectivity index (χ2n) is 6.12. The summed E-state index contributed by atoms with van der Waals surface area (Å²) in [4.78, 5) is 14.7. The van der Waals surface area contributed by atoms with Gasteiger partial charge in [0.1, 0.15) is 0 Å². The minimum atomic E-state index is -0.197. The lowest BCUT2D eigenvalue weighted by Gasteiger charge is -2.26. The average molecular weight is 363 g/mol. The van der Waals surface area contributed by atoms with Gasteiger partial charge in [-0.2, -0.15) is 0 Å². The smallest absolute Gasteiger partial charge is 0.255 e. The molecule has 2 aromatic rings. The summed E-state index contributed by atoms with van der Waals surface area (Å²) in [5, 5.41) is 3.70. The molecule has 0 unspecified atom stereocenters. The lowest BCUT2D eigenvalue weighted by molar-refractivity contribution is 0.102. The van der Waals surface area contributed by atoms with Gasteiger partial charge in [0.25, 0.3) is 5.91 Å². The zero-order valence-corrected chi connectivity index (χ0v) is 14.9. The molecule has 5 heteroatoms. The Hall–Kier alpha value is -1.55. The van der Waals surface area contributed by atoms with E-state index in [1.54, 1.807) is 18.2 Å². The number of hydrogen-bond acceptors (Lipinski definition) is 2. The van der Waals surface area contributed by atoms with Crippen LogP contribution in [0.15, 0.2) is 42.5 Å². The van der Waals surface area contributed by atoms with Crippen LogP contribution >= 0.6 is 23.2 Å². The summed E-state index contributed by atoms with van der Waals surface area (Å²) in [6.45, 7) is 3.33. The molecule has 24 heavy (non-hydrogen) atoms. The van der Waals surface area contributed by atoms with E-state index in [0.717, 1.165) is 12.2 Å². The van der Waals surface area contributed by atoms with E-state index in [1.807, 2.05) is 12.1 Å². The van der Waals surface area contributed by atoms with Crippen molar-refractivity contribution in [2.75, 3.05) is 18.4 Å². The molecule has 1 heterocycles. The molecule has 0 bridgehead atoms. The first-order valence-corrected chi connectivity index (χ1v) is 8.95. The van der Waals surface area contributed by atoms with E-state index in [2.05, 4.69) is 22.3 Å². The van der Waals surface area contributed by atoms with Gasteiger partial charge in [-0.3, -0.25) is 9.69 Å². The van der Waals surface area contributed by atoms with Gasteiger partial charge in [-0.1, -0.05) is 41.8 Å². The molecule has 3 nitrogen and oxygen atoms in total. The molecule has 1 amide bonds. The second kappa shape index (κ2) is 8.02. The number of likely N-dealkylation sites (tertiary alicyclic amines) is 1. The SMILES string of the molecule is O=C(Nc1ccc(CN2CCCCC2)cc1)c1ccc(Cl)c(Cl)c1. The normalized spacial score (nSPS) is 15.2. The summed E-state index contributed by atoms with van der Waals surface area (Å²) < 4.78 is 0. The maximum absolute atomic E-state index is 12.3. The number of nitrogens with zero attached hydrogens (tertiary/aromatic N) is 1. The van der Waals surface area contributed by atoms with Gasteiger partial charge in [0.05, 0.1) is 10.0 Å². The van der Waals surface area contributed by atoms with Crippen LogP contribution in [0.2, 0.25) is 10.0 Å². The molecule has 0 saturated carbocycles. The molecule has 3 rings (SSSR count). The number of carbonyl (C=O) groups is 1. The summed E-state index contributed by atoms with van der Waals surface area (Å²) in [6.07, 6.45) is 3.92. The third-order valence-corrected chi connectivity index (χ3v) is 4.99. The van der Waals surface area contributed by atoms with Gasteiger partial charge >= 0.3 is 0 Å². The number of benzene rings is 2. The number of rotatable bonds is 4. The molecule has 1 aliphatic heterocycles. The van der Waals surface area contributed by atoms with Gasteiger partial charge in [0.15, 0.2) is 0 Å². The van der Waals surface area contributed by atoms with E-state index in [4.69, 9.17) is 23.2 Å². The summed E-state index contributed by atoms with van der Waals surface area (Å²) in [6, 6.07) is 12.9. The van der Waals surface area contributed by atoms with Crippen LogP contribution < -0.4 is 5.32 Å². The Labute approximate surface area is 152 Å². The predicted octanol–water partition coefficient (Wildman–Crippen LogP) is 5.23. The van der Waals surface area contributed by atoms with Crippen LogP contribution in [-0.2, 0) is 6.54 Å². The number of nitrogens with one attached hydrogen (secondary N) is 1. The molecule has 126 valence electrons. The van der Waals surface area contributed by atoms with E-state index in [0.29, 0.717) is 15.6 Å². The molecule has 1 saturated heterocycles. The molecule has 0 radical (unpaired) electrons. The zero-order chi connectivity index (χ0) is 16.9. The number of hydrogen-bond donors (Lipinski definition) is 1. The Morgan fingerprint density at radius 2 is 1.67 bits per heavy atom. The van der Waals surface area contributed by atoms with E-state index in [-0.39, 0.29) is 5.91 Å². The first-order chi connectivity index (χ1) is 11.6. The van der Waals surface area contributed by atoms with Gasteiger partial charge < -0.3 is 5.32 Å². The molecular formula is C19H20Cl2N2O. The highest BCUT2D eigenvalue weighted by Crippen LogP contribution is 2.23. The minimum absolute atomic E-state index is 0.197. The maximum atomic E-state index is 12.3. The highest BCUT2D eigenvalue weighted by atomic mass is 35.5. The number of halogens is 2. The Kier molecular flexibility index (Phi) is 5.77. The van der Waals surface area contributed by atoms with Crippen molar-refractivity contribution >= 4 is 34.8 Å². The van der Waals surface area contributed by atoms with Gasteiger partial charge in [0.2, 0.25) is 0 Å². The van der Waals surface area contributed by atoms with Crippen molar-refractivity contribution in [1.29, 1.82) is 0 Å². The van der Waals surface area contributed by atoms with Crippen LogP contribution in [0.3, 0.4) is 0 Å². The third kappa shape index (κ3) is 4.50. The maximum Gasteiger partial charge on any atom is 0.255 e. The van der Waals surface area contributed by atoms with Crippen LogP contribution in [0.25, 0.3) is 0 Å². The van der Waals surface area contributed by atoms with Crippen molar-refractivity contribution in [3.8, 4) is 0 Å². The highest BCUT2D eigenvalue weighted by Gasteiger charge is 2.11. The Morgan fingerprint density at radius 3 is 2.33 bits per heavy atom. The molecule has 1 aliphatic rings. The average Bonchev–Trinajstić information content (AvgIpc) is 2.60. The quantitative estimate of drug-likeness (QED) is 0.807. The summed E-state index contributed by atoms with van der Waals surface area (Å²) >= 11 is 11.8. The topological polar surface area (TPSA) is 32.3 Å². The fourth-order valence-corrected chi connectivity index (χ4v) is 3.21. The van der Waals surface area contributed by atoms with Gasteiger partial charge in [0, 0.05) is 17.8 Å². The van der Waals surface area contributed by atoms with Crippen LogP contribution in [0.4, 0.5) is 5.69 Å². The van der Waals surface area contributed by atoms with Crippen LogP contribution in [0.5, 0.6) is 0 Å². The first kappa shape index (κ1) is 17.3. The van der Waals surface area contributed by atoms with Crippen molar-refractivity contribution in [2.24, 2.45) is 0 Å². The van der Waals surface area contributed by atoms with Gasteiger partial charge in [-0.05, 0) is 61.8 Å². The van der Waals surface area contributed by atoms with Crippen molar-refractivity contribution < 1.29 is 4.79 Å². The first-order valence-electron chi connectivity index (χ1n) is 8.19. The molecule has 1 fully saturated rings. The fourth-order valence-electron chi connectivity index (χ4n) is 2.91. The van der Waals surface area contributed by atoms with Crippen molar-refractivity contribution in [1.82, 2.24) is 4.90 Å². The third-order valence-electron chi connectivity index (χ3n) is 4.25. The molecule has 0 aromatic heterocycles.